The summed E-state index contributed by atoms with van der Waals surface area (Å²) in [6.07, 6.45) is 0. The topological polar surface area (TPSA) is 42.7 Å². The number of rotatable bonds is 4. The molecule has 3 rings (SSSR count). The number of hydrogen-bond acceptors (Lipinski definition) is 3. The van der Waals surface area contributed by atoms with E-state index in [2.05, 4.69) is 0 Å². The van der Waals surface area contributed by atoms with Crippen molar-refractivity contribution in [1.29, 1.82) is 0 Å². The Morgan fingerprint density at radius 2 is 2.04 bits per heavy atom. The molecule has 5 heteroatoms. The summed E-state index contributed by atoms with van der Waals surface area (Å²) in [5, 5.41) is 1.54. The largest absolute Gasteiger partial charge is 0.497 e. The van der Waals surface area contributed by atoms with Crippen molar-refractivity contribution in [2.75, 3.05) is 14.2 Å². The zero-order valence-electron chi connectivity index (χ0n) is 13.8. The number of carbonyl (C=O) groups excluding carboxylic acids is 1. The fourth-order valence-electron chi connectivity index (χ4n) is 2.69. The number of hydrogen-bond donors (Lipinski definition) is 0. The molecule has 4 nitrogen and oxygen atoms in total. The molecule has 1 amide bonds. The Hall–Kier alpha value is -2.46. The summed E-state index contributed by atoms with van der Waals surface area (Å²) in [6, 6.07) is 13.0. The van der Waals surface area contributed by atoms with Crippen LogP contribution in [0.5, 0.6) is 5.75 Å². The van der Waals surface area contributed by atoms with Crippen molar-refractivity contribution in [3.8, 4) is 5.75 Å². The van der Waals surface area contributed by atoms with Crippen molar-refractivity contribution in [2.24, 2.45) is 0 Å². The van der Waals surface area contributed by atoms with Gasteiger partial charge < -0.3 is 14.1 Å². The highest BCUT2D eigenvalue weighted by atomic mass is 35.5. The van der Waals surface area contributed by atoms with E-state index < -0.39 is 0 Å². The van der Waals surface area contributed by atoms with Gasteiger partial charge in [0.25, 0.3) is 5.91 Å². The van der Waals surface area contributed by atoms with Crippen LogP contribution in [0.4, 0.5) is 0 Å². The van der Waals surface area contributed by atoms with E-state index in [0.717, 1.165) is 22.3 Å². The molecule has 1 heterocycles. The Bertz CT molecular complexity index is 901. The molecule has 0 N–H and O–H groups in total. The molecule has 0 spiro atoms. The second kappa shape index (κ2) is 6.57. The van der Waals surface area contributed by atoms with E-state index in [0.29, 0.717) is 22.9 Å². The second-order valence-electron chi connectivity index (χ2n) is 5.71. The average molecular weight is 344 g/mol. The molecule has 0 aliphatic carbocycles. The third kappa shape index (κ3) is 3.10. The van der Waals surface area contributed by atoms with Crippen LogP contribution < -0.4 is 4.74 Å². The highest BCUT2D eigenvalue weighted by molar-refractivity contribution is 6.30. The highest BCUT2D eigenvalue weighted by Crippen LogP contribution is 2.29. The Balaban J connectivity index is 1.89. The average Bonchev–Trinajstić information content (AvgIpc) is 2.90. The summed E-state index contributed by atoms with van der Waals surface area (Å²) in [6.45, 7) is 2.34. The van der Waals surface area contributed by atoms with Crippen molar-refractivity contribution in [1.82, 2.24) is 4.90 Å². The van der Waals surface area contributed by atoms with E-state index in [4.69, 9.17) is 20.8 Å². The molecule has 3 aromatic rings. The molecule has 0 bridgehead atoms. The molecule has 0 aliphatic rings. The lowest BCUT2D eigenvalue weighted by atomic mass is 10.1. The molecule has 1 aromatic heterocycles. The third-order valence-electron chi connectivity index (χ3n) is 3.99. The van der Waals surface area contributed by atoms with Crippen LogP contribution in [-0.2, 0) is 6.54 Å². The zero-order chi connectivity index (χ0) is 17.3. The molecule has 0 radical (unpaired) electrons. The number of carbonyl (C=O) groups is 1. The molecule has 0 atom stereocenters. The standard InChI is InChI=1S/C19H18ClNO3/c1-12-16-10-15(23-3)7-8-17(16)24-18(12)19(22)21(2)11-13-5-4-6-14(20)9-13/h4-10H,11H2,1-3H3. The summed E-state index contributed by atoms with van der Waals surface area (Å²) >= 11 is 6.00. The maximum absolute atomic E-state index is 12.7. The van der Waals surface area contributed by atoms with Crippen LogP contribution in [-0.4, -0.2) is 25.0 Å². The van der Waals surface area contributed by atoms with Crippen LogP contribution in [0, 0.1) is 6.92 Å². The number of fused-ring (bicyclic) bond motifs is 1. The van der Waals surface area contributed by atoms with E-state index in [1.165, 1.54) is 0 Å². The minimum atomic E-state index is -0.164. The normalized spacial score (nSPS) is 10.8. The van der Waals surface area contributed by atoms with Crippen molar-refractivity contribution in [3.05, 3.63) is 64.4 Å². The highest BCUT2D eigenvalue weighted by Gasteiger charge is 2.21. The summed E-state index contributed by atoms with van der Waals surface area (Å²) in [7, 11) is 3.36. The van der Waals surface area contributed by atoms with E-state index >= 15 is 0 Å². The van der Waals surface area contributed by atoms with Gasteiger partial charge in [0.15, 0.2) is 5.76 Å². The fraction of sp³-hybridized carbons (Fsp3) is 0.211. The van der Waals surface area contributed by atoms with Gasteiger partial charge in [-0.3, -0.25) is 4.79 Å². The number of methoxy groups -OCH3 is 1. The van der Waals surface area contributed by atoms with Gasteiger partial charge in [-0.1, -0.05) is 23.7 Å². The van der Waals surface area contributed by atoms with E-state index in [1.807, 2.05) is 49.4 Å². The summed E-state index contributed by atoms with van der Waals surface area (Å²) < 4.78 is 11.0. The molecular weight excluding hydrogens is 326 g/mol. The molecule has 2 aromatic carbocycles. The fourth-order valence-corrected chi connectivity index (χ4v) is 2.90. The van der Waals surface area contributed by atoms with Gasteiger partial charge in [0, 0.05) is 29.6 Å². The molecule has 0 unspecified atom stereocenters. The van der Waals surface area contributed by atoms with E-state index in [9.17, 15) is 4.79 Å². The number of benzene rings is 2. The Kier molecular flexibility index (Phi) is 4.49. The first-order valence-electron chi connectivity index (χ1n) is 7.56. The van der Waals surface area contributed by atoms with Crippen LogP contribution >= 0.6 is 11.6 Å². The van der Waals surface area contributed by atoms with Crippen molar-refractivity contribution >= 4 is 28.5 Å². The zero-order valence-corrected chi connectivity index (χ0v) is 14.6. The lowest BCUT2D eigenvalue weighted by Crippen LogP contribution is -2.26. The third-order valence-corrected chi connectivity index (χ3v) is 4.23. The number of furan rings is 1. The lowest BCUT2D eigenvalue weighted by molar-refractivity contribution is 0.0755. The van der Waals surface area contributed by atoms with Gasteiger partial charge in [-0.05, 0) is 42.8 Å². The summed E-state index contributed by atoms with van der Waals surface area (Å²) in [5.41, 5.74) is 2.45. The Morgan fingerprint density at radius 1 is 1.25 bits per heavy atom. The van der Waals surface area contributed by atoms with Gasteiger partial charge in [-0.2, -0.15) is 0 Å². The monoisotopic (exact) mass is 343 g/mol. The van der Waals surface area contributed by atoms with Crippen LogP contribution in [0.1, 0.15) is 21.7 Å². The van der Waals surface area contributed by atoms with Crippen LogP contribution in [0.15, 0.2) is 46.9 Å². The molecule has 24 heavy (non-hydrogen) atoms. The van der Waals surface area contributed by atoms with Gasteiger partial charge in [0.1, 0.15) is 11.3 Å². The van der Waals surface area contributed by atoms with Crippen LogP contribution in [0.3, 0.4) is 0 Å². The minimum absolute atomic E-state index is 0.164. The van der Waals surface area contributed by atoms with E-state index in [1.54, 1.807) is 19.1 Å². The first-order valence-corrected chi connectivity index (χ1v) is 7.94. The predicted octanol–water partition coefficient (Wildman–Crippen LogP) is 4.68. The smallest absolute Gasteiger partial charge is 0.289 e. The van der Waals surface area contributed by atoms with Crippen molar-refractivity contribution in [3.63, 3.8) is 0 Å². The summed E-state index contributed by atoms with van der Waals surface area (Å²) in [5.74, 6) is 0.920. The molecule has 0 saturated heterocycles. The van der Waals surface area contributed by atoms with Crippen LogP contribution in [0.25, 0.3) is 11.0 Å². The van der Waals surface area contributed by atoms with E-state index in [-0.39, 0.29) is 5.91 Å². The molecular formula is C19H18ClNO3. The van der Waals surface area contributed by atoms with Crippen LogP contribution in [0.2, 0.25) is 5.02 Å². The van der Waals surface area contributed by atoms with Gasteiger partial charge >= 0.3 is 0 Å². The Morgan fingerprint density at radius 3 is 2.75 bits per heavy atom. The number of halogens is 1. The maximum Gasteiger partial charge on any atom is 0.289 e. The SMILES string of the molecule is COc1ccc2oc(C(=O)N(C)Cc3cccc(Cl)c3)c(C)c2c1. The van der Waals surface area contributed by atoms with Gasteiger partial charge in [0.2, 0.25) is 0 Å². The molecule has 0 fully saturated rings. The minimum Gasteiger partial charge on any atom is -0.497 e. The predicted molar refractivity (Wildman–Crippen MR) is 94.8 cm³/mol. The number of nitrogens with zero attached hydrogens (tertiary/aromatic N) is 1. The maximum atomic E-state index is 12.7. The Labute approximate surface area is 145 Å². The quantitative estimate of drug-likeness (QED) is 0.691. The first kappa shape index (κ1) is 16.4. The number of aryl methyl sites for hydroxylation is 1. The molecule has 124 valence electrons. The molecule has 0 aliphatic heterocycles. The second-order valence-corrected chi connectivity index (χ2v) is 6.15. The van der Waals surface area contributed by atoms with Crippen molar-refractivity contribution < 1.29 is 13.9 Å². The van der Waals surface area contributed by atoms with Gasteiger partial charge in [-0.25, -0.2) is 0 Å². The van der Waals surface area contributed by atoms with Gasteiger partial charge in [0.05, 0.1) is 7.11 Å². The van der Waals surface area contributed by atoms with Crippen molar-refractivity contribution in [2.45, 2.75) is 13.5 Å². The number of amides is 1. The summed E-state index contributed by atoms with van der Waals surface area (Å²) in [4.78, 5) is 14.4. The molecule has 0 saturated carbocycles. The number of ether oxygens (including phenoxy) is 1. The van der Waals surface area contributed by atoms with Gasteiger partial charge in [-0.15, -0.1) is 0 Å². The first-order chi connectivity index (χ1) is 11.5. The lowest BCUT2D eigenvalue weighted by Gasteiger charge is -2.16.